The Balaban J connectivity index is 2.59. The maximum absolute atomic E-state index is 9.44. The van der Waals surface area contributed by atoms with Gasteiger partial charge in [0.15, 0.2) is 5.11 Å². The summed E-state index contributed by atoms with van der Waals surface area (Å²) in [5.41, 5.74) is 0.976. The Kier molecular flexibility index (Phi) is 5.94. The van der Waals surface area contributed by atoms with Crippen LogP contribution in [0.25, 0.3) is 0 Å². The maximum atomic E-state index is 9.44. The fourth-order valence-electron chi connectivity index (χ4n) is 1.59. The van der Waals surface area contributed by atoms with Gasteiger partial charge in [-0.3, -0.25) is 0 Å². The molecular weight excluding hydrogens is 232 g/mol. The molecule has 2 N–H and O–H groups in total. The molecule has 0 aliphatic heterocycles. The second-order valence-corrected chi connectivity index (χ2v) is 4.48. The molecule has 1 aromatic rings. The normalized spacial score (nSPS) is 11.9. The fraction of sp³-hybridized carbons (Fsp3) is 0.462. The van der Waals surface area contributed by atoms with E-state index >= 15 is 0 Å². The van der Waals surface area contributed by atoms with Gasteiger partial charge in [0.25, 0.3) is 0 Å². The van der Waals surface area contributed by atoms with Crippen LogP contribution in [0.3, 0.4) is 0 Å². The molecule has 1 aromatic carbocycles. The van der Waals surface area contributed by atoms with Crippen molar-refractivity contribution in [3.63, 3.8) is 0 Å². The van der Waals surface area contributed by atoms with E-state index in [1.165, 1.54) is 0 Å². The SMILES string of the molecule is CCCN(C[C@@H](C)O)C(=S)Nc1ccccc1. The summed E-state index contributed by atoms with van der Waals surface area (Å²) in [5, 5.41) is 13.3. The van der Waals surface area contributed by atoms with Gasteiger partial charge in [-0.1, -0.05) is 25.1 Å². The molecule has 94 valence electrons. The molecule has 1 atom stereocenters. The van der Waals surface area contributed by atoms with Crippen LogP contribution in [0.1, 0.15) is 20.3 Å². The molecule has 0 saturated heterocycles. The lowest BCUT2D eigenvalue weighted by molar-refractivity contribution is 0.160. The van der Waals surface area contributed by atoms with Crippen LogP contribution in [0.4, 0.5) is 5.69 Å². The predicted molar refractivity (Wildman–Crippen MR) is 76.2 cm³/mol. The van der Waals surface area contributed by atoms with Crippen molar-refractivity contribution in [3.05, 3.63) is 30.3 Å². The number of nitrogens with zero attached hydrogens (tertiary/aromatic N) is 1. The fourth-order valence-corrected chi connectivity index (χ4v) is 1.87. The average molecular weight is 252 g/mol. The van der Waals surface area contributed by atoms with Crippen LogP contribution in [0.2, 0.25) is 0 Å². The number of aliphatic hydroxyl groups excluding tert-OH is 1. The van der Waals surface area contributed by atoms with Gasteiger partial charge in [0, 0.05) is 18.8 Å². The Morgan fingerprint density at radius 1 is 1.41 bits per heavy atom. The van der Waals surface area contributed by atoms with Gasteiger partial charge in [0.2, 0.25) is 0 Å². The third kappa shape index (κ3) is 5.15. The number of anilines is 1. The first-order valence-electron chi connectivity index (χ1n) is 5.92. The minimum Gasteiger partial charge on any atom is -0.392 e. The molecule has 0 bridgehead atoms. The number of para-hydroxylation sites is 1. The molecule has 0 aliphatic carbocycles. The molecule has 0 fully saturated rings. The van der Waals surface area contributed by atoms with Crippen LogP contribution in [0.5, 0.6) is 0 Å². The van der Waals surface area contributed by atoms with E-state index in [1.807, 2.05) is 35.2 Å². The summed E-state index contributed by atoms with van der Waals surface area (Å²) in [4.78, 5) is 1.99. The average Bonchev–Trinajstić information content (AvgIpc) is 2.29. The van der Waals surface area contributed by atoms with Crippen molar-refractivity contribution < 1.29 is 5.11 Å². The quantitative estimate of drug-likeness (QED) is 0.789. The summed E-state index contributed by atoms with van der Waals surface area (Å²) >= 11 is 5.35. The molecule has 0 saturated carbocycles. The zero-order valence-electron chi connectivity index (χ0n) is 10.4. The van der Waals surface area contributed by atoms with Gasteiger partial charge in [-0.05, 0) is 37.7 Å². The van der Waals surface area contributed by atoms with Gasteiger partial charge >= 0.3 is 0 Å². The van der Waals surface area contributed by atoms with E-state index in [2.05, 4.69) is 12.2 Å². The van der Waals surface area contributed by atoms with Crippen LogP contribution in [-0.2, 0) is 0 Å². The molecule has 1 rings (SSSR count). The van der Waals surface area contributed by atoms with Gasteiger partial charge in [0.05, 0.1) is 6.10 Å². The van der Waals surface area contributed by atoms with Crippen LogP contribution in [-0.4, -0.2) is 34.3 Å². The van der Waals surface area contributed by atoms with Crippen LogP contribution < -0.4 is 5.32 Å². The number of nitrogens with one attached hydrogen (secondary N) is 1. The van der Waals surface area contributed by atoms with E-state index in [-0.39, 0.29) is 6.10 Å². The van der Waals surface area contributed by atoms with Crippen molar-refractivity contribution in [3.8, 4) is 0 Å². The molecule has 17 heavy (non-hydrogen) atoms. The van der Waals surface area contributed by atoms with Gasteiger partial charge in [0.1, 0.15) is 0 Å². The zero-order valence-corrected chi connectivity index (χ0v) is 11.2. The van der Waals surface area contributed by atoms with Crippen molar-refractivity contribution in [2.24, 2.45) is 0 Å². The van der Waals surface area contributed by atoms with Crippen molar-refractivity contribution >= 4 is 23.0 Å². The third-order valence-electron chi connectivity index (χ3n) is 2.29. The number of rotatable bonds is 5. The highest BCUT2D eigenvalue weighted by molar-refractivity contribution is 7.80. The molecule has 0 heterocycles. The Morgan fingerprint density at radius 3 is 2.59 bits per heavy atom. The summed E-state index contributed by atoms with van der Waals surface area (Å²) in [6.45, 7) is 5.28. The first kappa shape index (κ1) is 13.9. The maximum Gasteiger partial charge on any atom is 0.173 e. The predicted octanol–water partition coefficient (Wildman–Crippen LogP) is 2.48. The summed E-state index contributed by atoms with van der Waals surface area (Å²) in [5.74, 6) is 0. The minimum absolute atomic E-state index is 0.378. The molecule has 3 nitrogen and oxygen atoms in total. The molecule has 0 aliphatic rings. The van der Waals surface area contributed by atoms with Crippen molar-refractivity contribution in [2.45, 2.75) is 26.4 Å². The van der Waals surface area contributed by atoms with Gasteiger partial charge in [-0.2, -0.15) is 0 Å². The van der Waals surface area contributed by atoms with E-state index in [9.17, 15) is 5.11 Å². The summed E-state index contributed by atoms with van der Waals surface area (Å²) < 4.78 is 0. The standard InChI is InChI=1S/C13H20N2OS/c1-3-9-15(10-11(2)16)13(17)14-12-7-5-4-6-8-12/h4-8,11,16H,3,9-10H2,1-2H3,(H,14,17)/t11-/m1/s1. The van der Waals surface area contributed by atoms with Crippen molar-refractivity contribution in [1.82, 2.24) is 4.90 Å². The molecule has 0 radical (unpaired) electrons. The van der Waals surface area contributed by atoms with Gasteiger partial charge < -0.3 is 15.3 Å². The first-order valence-corrected chi connectivity index (χ1v) is 6.33. The Labute approximate surface area is 108 Å². The lowest BCUT2D eigenvalue weighted by Crippen LogP contribution is -2.39. The lowest BCUT2D eigenvalue weighted by Gasteiger charge is -2.26. The zero-order chi connectivity index (χ0) is 12.7. The Morgan fingerprint density at radius 2 is 2.06 bits per heavy atom. The number of hydrogen-bond acceptors (Lipinski definition) is 2. The van der Waals surface area contributed by atoms with Crippen LogP contribution in [0.15, 0.2) is 30.3 Å². The highest BCUT2D eigenvalue weighted by atomic mass is 32.1. The number of benzene rings is 1. The lowest BCUT2D eigenvalue weighted by atomic mass is 10.3. The number of thiocarbonyl (C=S) groups is 1. The molecule has 0 spiro atoms. The summed E-state index contributed by atoms with van der Waals surface area (Å²) in [6.07, 6.45) is 0.626. The van der Waals surface area contributed by atoms with Gasteiger partial charge in [-0.25, -0.2) is 0 Å². The Hall–Kier alpha value is -1.13. The molecular formula is C13H20N2OS. The highest BCUT2D eigenvalue weighted by Crippen LogP contribution is 2.07. The highest BCUT2D eigenvalue weighted by Gasteiger charge is 2.11. The topological polar surface area (TPSA) is 35.5 Å². The smallest absolute Gasteiger partial charge is 0.173 e. The first-order chi connectivity index (χ1) is 8.13. The third-order valence-corrected chi connectivity index (χ3v) is 2.65. The molecule has 0 aromatic heterocycles. The summed E-state index contributed by atoms with van der Waals surface area (Å²) in [7, 11) is 0. The second-order valence-electron chi connectivity index (χ2n) is 4.09. The number of aliphatic hydroxyl groups is 1. The van der Waals surface area contributed by atoms with Gasteiger partial charge in [-0.15, -0.1) is 0 Å². The van der Waals surface area contributed by atoms with E-state index in [1.54, 1.807) is 6.92 Å². The van der Waals surface area contributed by atoms with Crippen LogP contribution >= 0.6 is 12.2 Å². The molecule has 0 amide bonds. The largest absolute Gasteiger partial charge is 0.392 e. The number of hydrogen-bond donors (Lipinski definition) is 2. The van der Waals surface area contributed by atoms with Crippen LogP contribution in [0, 0.1) is 0 Å². The van der Waals surface area contributed by atoms with E-state index < -0.39 is 0 Å². The van der Waals surface area contributed by atoms with Crippen molar-refractivity contribution in [2.75, 3.05) is 18.4 Å². The Bertz CT molecular complexity index is 341. The molecule has 4 heteroatoms. The molecule has 0 unspecified atom stereocenters. The van der Waals surface area contributed by atoms with E-state index in [0.29, 0.717) is 11.7 Å². The second kappa shape index (κ2) is 7.25. The van der Waals surface area contributed by atoms with E-state index in [0.717, 1.165) is 18.7 Å². The summed E-state index contributed by atoms with van der Waals surface area (Å²) in [6, 6.07) is 9.83. The van der Waals surface area contributed by atoms with Crippen molar-refractivity contribution in [1.29, 1.82) is 0 Å². The monoisotopic (exact) mass is 252 g/mol. The van der Waals surface area contributed by atoms with E-state index in [4.69, 9.17) is 12.2 Å². The minimum atomic E-state index is -0.378.